The van der Waals surface area contributed by atoms with Crippen molar-refractivity contribution in [3.63, 3.8) is 0 Å². The predicted octanol–water partition coefficient (Wildman–Crippen LogP) is -0.0171. The Morgan fingerprint density at radius 1 is 0.864 bits per heavy atom. The third kappa shape index (κ3) is 8.64. The molecule has 12 heteroatoms. The van der Waals surface area contributed by atoms with Gasteiger partial charge in [0.05, 0.1) is 19.5 Å². The molecule has 12 nitrogen and oxygen atoms in total. The zero-order valence-electron chi connectivity index (χ0n) is 25.0. The standard InChI is InChI=1S/C32H43N7O5/c33-15-7-6-11-25(32(44)38-16-13-24(14-17-38)39-27-12-5-4-10-23(27)19-30(39)42)36-29(41)21-35-31(43)26(37-28(40)20-34)18-22-8-2-1-3-9-22/h1-5,8-10,12,24-26H,6-7,11,13-21,33-34H2,(H,35,43)(H,36,41)(H,37,40)/t25-,26-/m1/s1. The van der Waals surface area contributed by atoms with Gasteiger partial charge in [-0.25, -0.2) is 0 Å². The molecule has 0 spiro atoms. The molecule has 2 aromatic rings. The number of rotatable bonds is 14. The van der Waals surface area contributed by atoms with Crippen molar-refractivity contribution in [2.45, 2.75) is 63.1 Å². The van der Waals surface area contributed by atoms with Crippen molar-refractivity contribution in [1.29, 1.82) is 0 Å². The predicted molar refractivity (Wildman–Crippen MR) is 166 cm³/mol. The Morgan fingerprint density at radius 3 is 2.25 bits per heavy atom. The van der Waals surface area contributed by atoms with Crippen molar-refractivity contribution in [2.75, 3.05) is 37.6 Å². The maximum atomic E-state index is 13.6. The van der Waals surface area contributed by atoms with Crippen LogP contribution < -0.4 is 32.3 Å². The van der Waals surface area contributed by atoms with Crippen molar-refractivity contribution >= 4 is 35.2 Å². The molecule has 1 saturated heterocycles. The van der Waals surface area contributed by atoms with Gasteiger partial charge in [0.15, 0.2) is 0 Å². The van der Waals surface area contributed by atoms with E-state index in [1.807, 2.05) is 59.5 Å². The number of amides is 5. The Hall–Kier alpha value is -4.29. The van der Waals surface area contributed by atoms with E-state index in [9.17, 15) is 24.0 Å². The summed E-state index contributed by atoms with van der Waals surface area (Å²) in [5.41, 5.74) is 13.9. The Balaban J connectivity index is 1.32. The monoisotopic (exact) mass is 605 g/mol. The molecule has 0 aliphatic carbocycles. The molecule has 2 atom stereocenters. The van der Waals surface area contributed by atoms with Gasteiger partial charge in [0.25, 0.3) is 0 Å². The van der Waals surface area contributed by atoms with Crippen LogP contribution in [-0.4, -0.2) is 85.3 Å². The van der Waals surface area contributed by atoms with Crippen LogP contribution in [0.1, 0.15) is 43.2 Å². The summed E-state index contributed by atoms with van der Waals surface area (Å²) in [6.07, 6.45) is 3.68. The lowest BCUT2D eigenvalue weighted by Crippen LogP contribution is -2.55. The number of unbranched alkanes of at least 4 members (excludes halogenated alkanes) is 1. The number of piperidine rings is 1. The SMILES string of the molecule is NCCCC[C@@H](NC(=O)CNC(=O)[C@@H](Cc1ccccc1)NC(=O)CN)C(=O)N1CCC(N2C(=O)Cc3ccccc32)CC1. The molecule has 236 valence electrons. The van der Waals surface area contributed by atoms with Crippen molar-refractivity contribution in [3.8, 4) is 0 Å². The average Bonchev–Trinajstić information content (AvgIpc) is 3.38. The molecule has 2 aliphatic heterocycles. The number of hydrogen-bond donors (Lipinski definition) is 5. The van der Waals surface area contributed by atoms with E-state index in [1.54, 1.807) is 4.90 Å². The van der Waals surface area contributed by atoms with E-state index in [0.717, 1.165) is 16.8 Å². The van der Waals surface area contributed by atoms with E-state index in [-0.39, 0.29) is 37.4 Å². The molecule has 2 heterocycles. The van der Waals surface area contributed by atoms with Crippen LogP contribution in [-0.2, 0) is 36.8 Å². The van der Waals surface area contributed by atoms with Crippen molar-refractivity contribution in [1.82, 2.24) is 20.9 Å². The van der Waals surface area contributed by atoms with Crippen molar-refractivity contribution < 1.29 is 24.0 Å². The minimum atomic E-state index is -0.918. The summed E-state index contributed by atoms with van der Waals surface area (Å²) in [6, 6.07) is 15.3. The molecule has 0 saturated carbocycles. The lowest BCUT2D eigenvalue weighted by Gasteiger charge is -2.38. The Morgan fingerprint density at radius 2 is 1.55 bits per heavy atom. The summed E-state index contributed by atoms with van der Waals surface area (Å²) in [4.78, 5) is 67.8. The second-order valence-corrected chi connectivity index (χ2v) is 11.3. The van der Waals surface area contributed by atoms with E-state index in [2.05, 4.69) is 16.0 Å². The van der Waals surface area contributed by atoms with Gasteiger partial charge >= 0.3 is 0 Å². The van der Waals surface area contributed by atoms with Crippen molar-refractivity contribution in [3.05, 3.63) is 65.7 Å². The molecule has 4 rings (SSSR count). The first-order chi connectivity index (χ1) is 21.3. The van der Waals surface area contributed by atoms with Gasteiger partial charge in [-0.1, -0.05) is 48.5 Å². The number of nitrogens with one attached hydrogen (secondary N) is 3. The van der Waals surface area contributed by atoms with Crippen molar-refractivity contribution in [2.24, 2.45) is 11.5 Å². The van der Waals surface area contributed by atoms with Crippen LogP contribution in [0.3, 0.4) is 0 Å². The molecule has 2 aromatic carbocycles. The molecule has 7 N–H and O–H groups in total. The summed E-state index contributed by atoms with van der Waals surface area (Å²) in [7, 11) is 0. The largest absolute Gasteiger partial charge is 0.345 e. The summed E-state index contributed by atoms with van der Waals surface area (Å²) < 4.78 is 0. The van der Waals surface area contributed by atoms with Crippen LogP contribution in [0.25, 0.3) is 0 Å². The lowest BCUT2D eigenvalue weighted by molar-refractivity contribution is -0.137. The minimum Gasteiger partial charge on any atom is -0.345 e. The van der Waals surface area contributed by atoms with E-state index in [4.69, 9.17) is 11.5 Å². The molecular formula is C32H43N7O5. The van der Waals surface area contributed by atoms with E-state index >= 15 is 0 Å². The van der Waals surface area contributed by atoms with Gasteiger partial charge in [-0.2, -0.15) is 0 Å². The molecule has 0 unspecified atom stereocenters. The van der Waals surface area contributed by atoms with Crippen LogP contribution in [0.4, 0.5) is 5.69 Å². The highest BCUT2D eigenvalue weighted by Crippen LogP contribution is 2.33. The minimum absolute atomic E-state index is 0.0132. The Bertz CT molecular complexity index is 1310. The van der Waals surface area contributed by atoms with Gasteiger partial charge in [-0.15, -0.1) is 0 Å². The highest BCUT2D eigenvalue weighted by molar-refractivity contribution is 6.02. The molecule has 44 heavy (non-hydrogen) atoms. The summed E-state index contributed by atoms with van der Waals surface area (Å²) in [6.45, 7) is 0.778. The molecule has 0 radical (unpaired) electrons. The Labute approximate surface area is 257 Å². The van der Waals surface area contributed by atoms with Crippen LogP contribution in [0, 0.1) is 0 Å². The fourth-order valence-corrected chi connectivity index (χ4v) is 5.84. The number of hydrogen-bond acceptors (Lipinski definition) is 7. The van der Waals surface area contributed by atoms with E-state index in [1.165, 1.54) is 0 Å². The summed E-state index contributed by atoms with van der Waals surface area (Å²) >= 11 is 0. The zero-order valence-corrected chi connectivity index (χ0v) is 25.0. The number of nitrogens with two attached hydrogens (primary N) is 2. The summed E-state index contributed by atoms with van der Waals surface area (Å²) in [5, 5.41) is 7.98. The number of carbonyl (C=O) groups excluding carboxylic acids is 5. The Kier molecular flexibility index (Phi) is 11.8. The number of likely N-dealkylation sites (tertiary alicyclic amines) is 1. The third-order valence-corrected chi connectivity index (χ3v) is 8.13. The van der Waals surface area contributed by atoms with E-state index < -0.39 is 29.8 Å². The van der Waals surface area contributed by atoms with Gasteiger partial charge in [0.2, 0.25) is 29.5 Å². The smallest absolute Gasteiger partial charge is 0.245 e. The first kappa shape index (κ1) is 32.6. The second-order valence-electron chi connectivity index (χ2n) is 11.3. The number of nitrogens with zero attached hydrogens (tertiary/aromatic N) is 2. The van der Waals surface area contributed by atoms with Gasteiger partial charge < -0.3 is 37.2 Å². The number of anilines is 1. The first-order valence-electron chi connectivity index (χ1n) is 15.3. The number of benzene rings is 2. The maximum Gasteiger partial charge on any atom is 0.245 e. The van der Waals surface area contributed by atoms with Gasteiger partial charge in [-0.3, -0.25) is 24.0 Å². The molecule has 2 aliphatic rings. The van der Waals surface area contributed by atoms with Crippen LogP contribution in [0.15, 0.2) is 54.6 Å². The van der Waals surface area contributed by atoms with Crippen LogP contribution in [0.5, 0.6) is 0 Å². The topological polar surface area (TPSA) is 180 Å². The zero-order chi connectivity index (χ0) is 31.5. The highest BCUT2D eigenvalue weighted by atomic mass is 16.2. The van der Waals surface area contributed by atoms with Crippen LogP contribution >= 0.6 is 0 Å². The van der Waals surface area contributed by atoms with Gasteiger partial charge in [-0.05, 0) is 55.8 Å². The number of para-hydroxylation sites is 1. The first-order valence-corrected chi connectivity index (χ1v) is 15.3. The molecule has 1 fully saturated rings. The fourth-order valence-electron chi connectivity index (χ4n) is 5.84. The van der Waals surface area contributed by atoms with Gasteiger partial charge in [0, 0.05) is 31.2 Å². The average molecular weight is 606 g/mol. The van der Waals surface area contributed by atoms with E-state index in [0.29, 0.717) is 58.2 Å². The fraction of sp³-hybridized carbons (Fsp3) is 0.469. The quantitative estimate of drug-likeness (QED) is 0.188. The number of carbonyl (C=O) groups is 5. The van der Waals surface area contributed by atoms with Gasteiger partial charge in [0.1, 0.15) is 12.1 Å². The molecule has 0 bridgehead atoms. The molecule has 0 aromatic heterocycles. The summed E-state index contributed by atoms with van der Waals surface area (Å²) in [5.74, 6) is -1.64. The number of fused-ring (bicyclic) bond motifs is 1. The van der Waals surface area contributed by atoms with Crippen LogP contribution in [0.2, 0.25) is 0 Å². The second kappa shape index (κ2) is 16.0. The normalized spacial score (nSPS) is 16.2. The molecule has 5 amide bonds. The highest BCUT2D eigenvalue weighted by Gasteiger charge is 2.36. The maximum absolute atomic E-state index is 13.6. The lowest BCUT2D eigenvalue weighted by atomic mass is 10.0. The third-order valence-electron chi connectivity index (χ3n) is 8.13. The molecular weight excluding hydrogens is 562 g/mol.